The molecule has 0 unspecified atom stereocenters. The van der Waals surface area contributed by atoms with E-state index in [-0.39, 0.29) is 0 Å². The van der Waals surface area contributed by atoms with Crippen LogP contribution in [0.3, 0.4) is 0 Å². The number of ether oxygens (including phenoxy) is 1. The Hall–Kier alpha value is -1.22. The summed E-state index contributed by atoms with van der Waals surface area (Å²) < 4.78 is 11.6. The van der Waals surface area contributed by atoms with Crippen LogP contribution in [0.5, 0.6) is 0 Å². The second kappa shape index (κ2) is 7.26. The summed E-state index contributed by atoms with van der Waals surface area (Å²) in [5.41, 5.74) is 1.14. The first kappa shape index (κ1) is 14.8. The van der Waals surface area contributed by atoms with Gasteiger partial charge in [0.25, 0.3) is 14.3 Å². The van der Waals surface area contributed by atoms with Crippen molar-refractivity contribution in [3.8, 4) is 0 Å². The molecule has 0 heterocycles. The Kier molecular flexibility index (Phi) is 5.99. The maximum atomic E-state index is 6.03. The van der Waals surface area contributed by atoms with E-state index >= 15 is 0 Å². The van der Waals surface area contributed by atoms with E-state index in [0.29, 0.717) is 12.6 Å². The lowest BCUT2D eigenvalue weighted by molar-refractivity contribution is 0.0915. The summed E-state index contributed by atoms with van der Waals surface area (Å²) in [6.07, 6.45) is 0. The van der Waals surface area contributed by atoms with Crippen molar-refractivity contribution in [2.45, 2.75) is 45.5 Å². The molecule has 0 aliphatic carbocycles. The third-order valence-corrected chi connectivity index (χ3v) is 8.03. The molecule has 3 heteroatoms. The summed E-state index contributed by atoms with van der Waals surface area (Å²) in [5.74, 6) is 0.482. The van der Waals surface area contributed by atoms with Gasteiger partial charge in [-0.15, -0.1) is 0 Å². The summed E-state index contributed by atoms with van der Waals surface area (Å²) >= 11 is 0. The van der Waals surface area contributed by atoms with Crippen LogP contribution in [0.1, 0.15) is 26.3 Å². The Morgan fingerprint density at radius 2 is 1.61 bits per heavy atom. The first-order valence-electron chi connectivity index (χ1n) is 6.70. The molecule has 2 nitrogen and oxygen atoms in total. The average Bonchev–Trinajstić information content (AvgIpc) is 2.44. The zero-order chi connectivity index (χ0) is 13.4. The summed E-state index contributed by atoms with van der Waals surface area (Å²) in [6.45, 7) is 11.0. The molecule has 0 saturated heterocycles. The lowest BCUT2D eigenvalue weighted by atomic mass is 10.2. The predicted molar refractivity (Wildman–Crippen MR) is 78.7 cm³/mol. The lowest BCUT2D eigenvalue weighted by Crippen LogP contribution is -2.35. The maximum Gasteiger partial charge on any atom is 0.258 e. The molecule has 0 N–H and O–H groups in total. The molecule has 0 saturated carbocycles. The summed E-state index contributed by atoms with van der Waals surface area (Å²) in [7, 11) is -1.64. The predicted octanol–water partition coefficient (Wildman–Crippen LogP) is 4.70. The Balaban J connectivity index is 2.46. The largest absolute Gasteiger partial charge is 0.519 e. The van der Waals surface area contributed by atoms with E-state index in [2.05, 4.69) is 27.4 Å². The normalized spacial score (nSPS) is 11.1. The number of hydrogen-bond acceptors (Lipinski definition) is 2. The Labute approximate surface area is 112 Å². The SMILES string of the molecule is C=C(OCc1ccccc1)O[Si](CC)(CC)CC. The average molecular weight is 264 g/mol. The minimum Gasteiger partial charge on any atom is -0.519 e. The molecule has 1 aromatic rings. The maximum absolute atomic E-state index is 6.03. The smallest absolute Gasteiger partial charge is 0.258 e. The van der Waals surface area contributed by atoms with Gasteiger partial charge in [0, 0.05) is 0 Å². The number of benzene rings is 1. The van der Waals surface area contributed by atoms with Gasteiger partial charge in [0.2, 0.25) is 0 Å². The highest BCUT2D eigenvalue weighted by atomic mass is 28.4. The van der Waals surface area contributed by atoms with Crippen molar-refractivity contribution in [3.63, 3.8) is 0 Å². The van der Waals surface area contributed by atoms with E-state index in [9.17, 15) is 0 Å². The van der Waals surface area contributed by atoms with Crippen LogP contribution in [0.15, 0.2) is 42.9 Å². The van der Waals surface area contributed by atoms with Gasteiger partial charge >= 0.3 is 0 Å². The van der Waals surface area contributed by atoms with Gasteiger partial charge in [-0.2, -0.15) is 0 Å². The zero-order valence-corrected chi connectivity index (χ0v) is 12.7. The van der Waals surface area contributed by atoms with Gasteiger partial charge in [-0.05, 0) is 30.3 Å². The standard InChI is InChI=1S/C15H24O2Si/c1-5-18(6-2,7-3)17-14(4)16-13-15-11-9-8-10-12-15/h8-12H,4-7,13H2,1-3H3. The van der Waals surface area contributed by atoms with Gasteiger partial charge in [-0.3, -0.25) is 0 Å². The van der Waals surface area contributed by atoms with Crippen molar-refractivity contribution in [1.82, 2.24) is 0 Å². The van der Waals surface area contributed by atoms with Crippen LogP contribution in [-0.2, 0) is 15.8 Å². The van der Waals surface area contributed by atoms with Gasteiger partial charge in [0.05, 0.1) is 0 Å². The first-order valence-corrected chi connectivity index (χ1v) is 9.23. The molecule has 0 atom stereocenters. The molecule has 100 valence electrons. The highest BCUT2D eigenvalue weighted by Crippen LogP contribution is 2.24. The van der Waals surface area contributed by atoms with Crippen LogP contribution >= 0.6 is 0 Å². The third kappa shape index (κ3) is 4.22. The van der Waals surface area contributed by atoms with E-state index in [4.69, 9.17) is 9.16 Å². The Bertz CT molecular complexity index is 350. The molecule has 0 amide bonds. The van der Waals surface area contributed by atoms with Crippen LogP contribution < -0.4 is 0 Å². The van der Waals surface area contributed by atoms with Crippen LogP contribution in [0.25, 0.3) is 0 Å². The van der Waals surface area contributed by atoms with E-state index < -0.39 is 8.32 Å². The number of rotatable bonds is 8. The fourth-order valence-corrected chi connectivity index (χ4v) is 4.45. The molecular weight excluding hydrogens is 240 g/mol. The molecule has 0 bridgehead atoms. The summed E-state index contributed by atoms with van der Waals surface area (Å²) in [4.78, 5) is 0. The van der Waals surface area contributed by atoms with E-state index in [1.54, 1.807) is 0 Å². The van der Waals surface area contributed by atoms with Crippen molar-refractivity contribution in [3.05, 3.63) is 48.4 Å². The van der Waals surface area contributed by atoms with Gasteiger partial charge in [-0.1, -0.05) is 51.1 Å². The molecule has 0 aromatic heterocycles. The van der Waals surface area contributed by atoms with E-state index in [1.165, 1.54) is 0 Å². The van der Waals surface area contributed by atoms with Crippen LogP contribution in [0.4, 0.5) is 0 Å². The first-order chi connectivity index (χ1) is 8.65. The lowest BCUT2D eigenvalue weighted by Gasteiger charge is -2.29. The van der Waals surface area contributed by atoms with Gasteiger partial charge in [-0.25, -0.2) is 0 Å². The van der Waals surface area contributed by atoms with Crippen LogP contribution in [0, 0.1) is 0 Å². The minimum atomic E-state index is -1.64. The number of hydrogen-bond donors (Lipinski definition) is 0. The topological polar surface area (TPSA) is 18.5 Å². The van der Waals surface area contributed by atoms with Crippen molar-refractivity contribution in [1.29, 1.82) is 0 Å². The second-order valence-electron chi connectivity index (χ2n) is 4.49. The second-order valence-corrected chi connectivity index (χ2v) is 9.18. The van der Waals surface area contributed by atoms with E-state index in [0.717, 1.165) is 23.7 Å². The molecule has 0 fully saturated rings. The summed E-state index contributed by atoms with van der Waals surface area (Å²) in [6, 6.07) is 13.4. The zero-order valence-electron chi connectivity index (χ0n) is 11.7. The Morgan fingerprint density at radius 3 is 2.11 bits per heavy atom. The van der Waals surface area contributed by atoms with E-state index in [1.807, 2.05) is 30.3 Å². The quantitative estimate of drug-likeness (QED) is 0.500. The molecule has 0 aliphatic rings. The molecule has 18 heavy (non-hydrogen) atoms. The van der Waals surface area contributed by atoms with Crippen LogP contribution in [-0.4, -0.2) is 8.32 Å². The van der Waals surface area contributed by atoms with Crippen LogP contribution in [0.2, 0.25) is 18.1 Å². The highest BCUT2D eigenvalue weighted by Gasteiger charge is 2.31. The highest BCUT2D eigenvalue weighted by molar-refractivity contribution is 6.73. The fourth-order valence-electron chi connectivity index (χ4n) is 1.98. The van der Waals surface area contributed by atoms with Crippen molar-refractivity contribution >= 4 is 8.32 Å². The molecular formula is C15H24O2Si. The third-order valence-electron chi connectivity index (χ3n) is 3.51. The van der Waals surface area contributed by atoms with Crippen molar-refractivity contribution in [2.24, 2.45) is 0 Å². The fraction of sp³-hybridized carbons (Fsp3) is 0.467. The molecule has 0 spiro atoms. The molecule has 1 rings (SSSR count). The Morgan fingerprint density at radius 1 is 1.06 bits per heavy atom. The van der Waals surface area contributed by atoms with Crippen molar-refractivity contribution < 1.29 is 9.16 Å². The van der Waals surface area contributed by atoms with Gasteiger partial charge < -0.3 is 9.16 Å². The summed E-state index contributed by atoms with van der Waals surface area (Å²) in [5, 5.41) is 0. The monoisotopic (exact) mass is 264 g/mol. The van der Waals surface area contributed by atoms with Crippen molar-refractivity contribution in [2.75, 3.05) is 0 Å². The van der Waals surface area contributed by atoms with Gasteiger partial charge in [0.1, 0.15) is 6.61 Å². The van der Waals surface area contributed by atoms with Gasteiger partial charge in [0.15, 0.2) is 0 Å². The minimum absolute atomic E-state index is 0.482. The molecule has 0 radical (unpaired) electrons. The molecule has 0 aliphatic heterocycles. The molecule has 1 aromatic carbocycles.